The Labute approximate surface area is 214 Å². The van der Waals surface area contributed by atoms with Gasteiger partial charge in [-0.3, -0.25) is 0 Å². The Kier molecular flexibility index (Phi) is 80.6. The molecule has 173 valence electrons. The molecule has 6 nitrogen and oxygen atoms in total. The maximum Gasteiger partial charge on any atom is 2.00 e. The van der Waals surface area contributed by atoms with Crippen molar-refractivity contribution >= 4 is 0 Å². The van der Waals surface area contributed by atoms with Crippen LogP contribution in [0, 0.1) is 0 Å². The van der Waals surface area contributed by atoms with Crippen LogP contribution in [0.5, 0.6) is 0 Å². The fourth-order valence-electron chi connectivity index (χ4n) is 1.93. The third kappa shape index (κ3) is 65.6. The Balaban J connectivity index is -0.0000000580. The van der Waals surface area contributed by atoms with E-state index in [-0.39, 0.29) is 64.7 Å². The molecular weight excluding hydrogens is 613 g/mol. The first-order valence-corrected chi connectivity index (χ1v) is 9.95. The predicted octanol–water partition coefficient (Wildman–Crippen LogP) is -4.60. The van der Waals surface area contributed by atoms with Crippen molar-refractivity contribution in [1.29, 1.82) is 0 Å². The van der Waals surface area contributed by atoms with Crippen molar-refractivity contribution in [3.63, 3.8) is 0 Å². The molecule has 12 N–H and O–H groups in total. The number of rotatable bonds is 15. The first-order valence-electron chi connectivity index (χ1n) is 9.95. The van der Waals surface area contributed by atoms with Gasteiger partial charge in [0.1, 0.15) is 0 Å². The normalized spacial score (nSPS) is 8.67. The smallest absolute Gasteiger partial charge is 1.00 e. The van der Waals surface area contributed by atoms with Crippen LogP contribution in [0.25, 0.3) is 0 Å². The second kappa shape index (κ2) is 50.9. The van der Waals surface area contributed by atoms with Crippen molar-refractivity contribution in [2.45, 2.75) is 77.0 Å². The Morgan fingerprint density at radius 1 is 0.259 bits per heavy atom. The number of hydrogen-bond donors (Lipinski definition) is 6. The predicted molar refractivity (Wildman–Crippen MR) is 110 cm³/mol. The van der Waals surface area contributed by atoms with Crippen LogP contribution >= 0.6 is 0 Å². The molecular formula is C18H48CoI2N6. The van der Waals surface area contributed by atoms with E-state index < -0.39 is 0 Å². The molecule has 0 aromatic carbocycles. The van der Waals surface area contributed by atoms with Crippen molar-refractivity contribution in [1.82, 2.24) is 0 Å². The third-order valence-corrected chi connectivity index (χ3v) is 3.47. The van der Waals surface area contributed by atoms with E-state index in [0.29, 0.717) is 0 Å². The molecule has 0 saturated carbocycles. The number of unbranched alkanes of at least 4 members (excludes halogenated alkanes) is 9. The Bertz CT molecular complexity index is 139. The zero-order valence-electron chi connectivity index (χ0n) is 17.3. The Hall–Kier alpha value is 1.73. The largest absolute Gasteiger partial charge is 2.00 e. The molecule has 0 heterocycles. The van der Waals surface area contributed by atoms with Gasteiger partial charge in [-0.15, -0.1) is 0 Å². The molecule has 1 radical (unpaired) electrons. The quantitative estimate of drug-likeness (QED) is 0.0767. The molecule has 0 aromatic rings. The zero-order chi connectivity index (χ0) is 18.7. The summed E-state index contributed by atoms with van der Waals surface area (Å²) in [4.78, 5) is 0. The van der Waals surface area contributed by atoms with Gasteiger partial charge in [0.15, 0.2) is 0 Å². The molecule has 0 aromatic heterocycles. The van der Waals surface area contributed by atoms with Crippen molar-refractivity contribution in [3.8, 4) is 0 Å². The number of halogens is 2. The number of hydrogen-bond acceptors (Lipinski definition) is 6. The molecule has 0 unspecified atom stereocenters. The summed E-state index contributed by atoms with van der Waals surface area (Å²) in [5.41, 5.74) is 31.7. The summed E-state index contributed by atoms with van der Waals surface area (Å²) in [6.45, 7) is 4.94. The molecule has 0 bridgehead atoms. The molecule has 0 spiro atoms. The van der Waals surface area contributed by atoms with Gasteiger partial charge in [-0.1, -0.05) is 38.5 Å². The van der Waals surface area contributed by atoms with Gasteiger partial charge in [-0.05, 0) is 77.8 Å². The summed E-state index contributed by atoms with van der Waals surface area (Å²) >= 11 is 0. The average Bonchev–Trinajstić information content (AvgIpc) is 2.61. The zero-order valence-corrected chi connectivity index (χ0v) is 22.6. The molecule has 0 aliphatic heterocycles. The van der Waals surface area contributed by atoms with Crippen molar-refractivity contribution < 1.29 is 64.7 Å². The monoisotopic (exact) mass is 661 g/mol. The van der Waals surface area contributed by atoms with Crippen molar-refractivity contribution in [2.75, 3.05) is 39.3 Å². The molecule has 0 aliphatic carbocycles. The molecule has 0 amide bonds. The minimum atomic E-state index is 0. The van der Waals surface area contributed by atoms with E-state index in [0.717, 1.165) is 77.8 Å². The van der Waals surface area contributed by atoms with Gasteiger partial charge < -0.3 is 82.4 Å². The van der Waals surface area contributed by atoms with Crippen molar-refractivity contribution in [3.05, 3.63) is 0 Å². The van der Waals surface area contributed by atoms with Gasteiger partial charge in [0.25, 0.3) is 0 Å². The summed E-state index contributed by atoms with van der Waals surface area (Å²) in [5.74, 6) is 0. The maximum absolute atomic E-state index is 5.28. The van der Waals surface area contributed by atoms with E-state index in [9.17, 15) is 0 Å². The van der Waals surface area contributed by atoms with Crippen LogP contribution in [-0.2, 0) is 16.8 Å². The summed E-state index contributed by atoms with van der Waals surface area (Å²) < 4.78 is 0. The second-order valence-corrected chi connectivity index (χ2v) is 5.97. The van der Waals surface area contributed by atoms with Crippen LogP contribution in [0.2, 0.25) is 0 Å². The maximum atomic E-state index is 5.28. The van der Waals surface area contributed by atoms with Gasteiger partial charge in [0.05, 0.1) is 0 Å². The van der Waals surface area contributed by atoms with E-state index in [1.54, 1.807) is 0 Å². The van der Waals surface area contributed by atoms with Crippen LogP contribution in [0.1, 0.15) is 77.0 Å². The van der Waals surface area contributed by atoms with Crippen LogP contribution in [0.4, 0.5) is 0 Å². The molecule has 0 saturated heterocycles. The molecule has 9 heteroatoms. The first-order chi connectivity index (χ1) is 11.7. The van der Waals surface area contributed by atoms with E-state index in [2.05, 4.69) is 0 Å². The second-order valence-electron chi connectivity index (χ2n) is 5.97. The summed E-state index contributed by atoms with van der Waals surface area (Å²) in [5, 5.41) is 0. The fourth-order valence-corrected chi connectivity index (χ4v) is 1.93. The average molecular weight is 661 g/mol. The summed E-state index contributed by atoms with van der Waals surface area (Å²) in [6.07, 6.45) is 14.4. The standard InChI is InChI=1S/3C6H16N2.Co.2HI/c3*7-5-3-1-2-4-6-8;;;/h3*1-8H2;;2*1H/q;;;+2;;/p-2. The molecule has 0 aliphatic rings. The van der Waals surface area contributed by atoms with Gasteiger partial charge in [-0.2, -0.15) is 0 Å². The SMILES string of the molecule is NCCCCCCN.NCCCCCCN.NCCCCCCN.[Co+2].[I-].[I-]. The van der Waals surface area contributed by atoms with E-state index >= 15 is 0 Å². The molecule has 0 rings (SSSR count). The molecule has 0 atom stereocenters. The molecule has 27 heavy (non-hydrogen) atoms. The topological polar surface area (TPSA) is 156 Å². The van der Waals surface area contributed by atoms with Gasteiger partial charge in [-0.25, -0.2) is 0 Å². The Morgan fingerprint density at radius 2 is 0.370 bits per heavy atom. The van der Waals surface area contributed by atoms with Crippen LogP contribution in [0.3, 0.4) is 0 Å². The van der Waals surface area contributed by atoms with Gasteiger partial charge in [0.2, 0.25) is 0 Å². The summed E-state index contributed by atoms with van der Waals surface area (Å²) in [6, 6.07) is 0. The minimum Gasteiger partial charge on any atom is -1.00 e. The fraction of sp³-hybridized carbons (Fsp3) is 1.00. The minimum absolute atomic E-state index is 0. The van der Waals surface area contributed by atoms with Crippen LogP contribution < -0.4 is 82.4 Å². The van der Waals surface area contributed by atoms with E-state index in [1.165, 1.54) is 38.5 Å². The number of nitrogens with two attached hydrogens (primary N) is 6. The Morgan fingerprint density at radius 3 is 0.444 bits per heavy atom. The molecule has 0 fully saturated rings. The first kappa shape index (κ1) is 42.8. The van der Waals surface area contributed by atoms with Gasteiger partial charge in [0, 0.05) is 0 Å². The van der Waals surface area contributed by atoms with E-state index in [1.807, 2.05) is 0 Å². The van der Waals surface area contributed by atoms with E-state index in [4.69, 9.17) is 34.4 Å². The van der Waals surface area contributed by atoms with Crippen LogP contribution in [0.15, 0.2) is 0 Å². The van der Waals surface area contributed by atoms with Crippen molar-refractivity contribution in [2.24, 2.45) is 34.4 Å². The van der Waals surface area contributed by atoms with Gasteiger partial charge >= 0.3 is 16.8 Å². The van der Waals surface area contributed by atoms with Crippen LogP contribution in [-0.4, -0.2) is 39.3 Å². The summed E-state index contributed by atoms with van der Waals surface area (Å²) in [7, 11) is 0. The third-order valence-electron chi connectivity index (χ3n) is 3.47.